The number of nitrogens with zero attached hydrogens (tertiary/aromatic N) is 2. The normalized spacial score (nSPS) is 17.4. The van der Waals surface area contributed by atoms with Crippen LogP contribution in [-0.2, 0) is 0 Å². The van der Waals surface area contributed by atoms with Gasteiger partial charge in [-0.2, -0.15) is 0 Å². The summed E-state index contributed by atoms with van der Waals surface area (Å²) >= 11 is 0. The number of allylic oxidation sites excluding steroid dienone is 1. The van der Waals surface area contributed by atoms with Crippen LogP contribution in [0.5, 0.6) is 0 Å². The molecule has 1 fully saturated rings. The Labute approximate surface area is 140 Å². The minimum absolute atomic E-state index is 1.06. The Morgan fingerprint density at radius 3 is 2.13 bits per heavy atom. The molecule has 0 spiro atoms. The average molecular weight is 306 g/mol. The summed E-state index contributed by atoms with van der Waals surface area (Å²) < 4.78 is 0. The molecule has 2 aromatic rings. The van der Waals surface area contributed by atoms with Gasteiger partial charge in [-0.3, -0.25) is 4.90 Å². The van der Waals surface area contributed by atoms with Crippen LogP contribution in [0, 0.1) is 0 Å². The topological polar surface area (TPSA) is 6.48 Å². The molecule has 1 aliphatic rings. The highest BCUT2D eigenvalue weighted by Gasteiger charge is 2.12. The van der Waals surface area contributed by atoms with Crippen LogP contribution < -0.4 is 0 Å². The van der Waals surface area contributed by atoms with Gasteiger partial charge in [0.25, 0.3) is 0 Å². The van der Waals surface area contributed by atoms with Crippen LogP contribution in [0.1, 0.15) is 12.5 Å². The largest absolute Gasteiger partial charge is 0.304 e. The average Bonchev–Trinajstić information content (AvgIpc) is 2.62. The Morgan fingerprint density at radius 1 is 0.870 bits per heavy atom. The van der Waals surface area contributed by atoms with E-state index in [0.29, 0.717) is 0 Å². The summed E-state index contributed by atoms with van der Waals surface area (Å²) in [5, 5.41) is 0. The highest BCUT2D eigenvalue weighted by Crippen LogP contribution is 2.22. The maximum absolute atomic E-state index is 2.53. The van der Waals surface area contributed by atoms with Crippen molar-refractivity contribution >= 4 is 5.57 Å². The van der Waals surface area contributed by atoms with Crippen molar-refractivity contribution in [2.75, 3.05) is 39.8 Å². The highest BCUT2D eigenvalue weighted by molar-refractivity contribution is 5.69. The van der Waals surface area contributed by atoms with Gasteiger partial charge in [0, 0.05) is 32.7 Å². The molecule has 2 heteroatoms. The van der Waals surface area contributed by atoms with Gasteiger partial charge in [-0.05, 0) is 36.2 Å². The summed E-state index contributed by atoms with van der Waals surface area (Å²) in [6.07, 6.45) is 2.36. The molecule has 0 bridgehead atoms. The minimum atomic E-state index is 1.06. The number of hydrogen-bond acceptors (Lipinski definition) is 2. The third kappa shape index (κ3) is 4.31. The fourth-order valence-electron chi connectivity index (χ4n) is 2.97. The van der Waals surface area contributed by atoms with Crippen LogP contribution in [-0.4, -0.2) is 49.6 Å². The van der Waals surface area contributed by atoms with Crippen molar-refractivity contribution in [3.8, 4) is 11.1 Å². The molecule has 2 nitrogen and oxygen atoms in total. The third-order valence-electron chi connectivity index (χ3n) is 4.70. The Morgan fingerprint density at radius 2 is 1.48 bits per heavy atom. The van der Waals surface area contributed by atoms with E-state index >= 15 is 0 Å². The van der Waals surface area contributed by atoms with E-state index in [4.69, 9.17) is 0 Å². The molecule has 1 aliphatic heterocycles. The van der Waals surface area contributed by atoms with E-state index in [0.717, 1.165) is 6.54 Å². The summed E-state index contributed by atoms with van der Waals surface area (Å²) in [6.45, 7) is 7.98. The lowest BCUT2D eigenvalue weighted by molar-refractivity contribution is 0.166. The molecular weight excluding hydrogens is 280 g/mol. The fraction of sp³-hybridized carbons (Fsp3) is 0.333. The molecule has 23 heavy (non-hydrogen) atoms. The van der Waals surface area contributed by atoms with Crippen molar-refractivity contribution in [2.24, 2.45) is 0 Å². The van der Waals surface area contributed by atoms with Crippen molar-refractivity contribution in [1.82, 2.24) is 9.80 Å². The van der Waals surface area contributed by atoms with E-state index in [1.807, 2.05) is 0 Å². The maximum atomic E-state index is 2.53. The van der Waals surface area contributed by atoms with Crippen molar-refractivity contribution in [2.45, 2.75) is 6.92 Å². The Kier molecular flexibility index (Phi) is 5.27. The Balaban J connectivity index is 1.63. The molecule has 1 saturated heterocycles. The summed E-state index contributed by atoms with van der Waals surface area (Å²) in [7, 11) is 2.20. The van der Waals surface area contributed by atoms with E-state index in [1.54, 1.807) is 0 Å². The zero-order valence-electron chi connectivity index (χ0n) is 14.2. The molecule has 0 aromatic heterocycles. The zero-order valence-corrected chi connectivity index (χ0v) is 14.2. The molecule has 0 amide bonds. The highest BCUT2D eigenvalue weighted by atomic mass is 15.2. The van der Waals surface area contributed by atoms with Crippen LogP contribution >= 0.6 is 0 Å². The first-order chi connectivity index (χ1) is 11.2. The van der Waals surface area contributed by atoms with E-state index < -0.39 is 0 Å². The van der Waals surface area contributed by atoms with Crippen LogP contribution in [0.3, 0.4) is 0 Å². The summed E-state index contributed by atoms with van der Waals surface area (Å²) in [4.78, 5) is 4.93. The van der Waals surface area contributed by atoms with Gasteiger partial charge in [-0.1, -0.05) is 60.7 Å². The molecule has 0 saturated carbocycles. The number of rotatable bonds is 4. The standard InChI is InChI=1S/C21H26N2/c1-18(12-13-23-16-14-22(2)15-17-23)19-8-10-21(11-9-19)20-6-4-3-5-7-20/h3-12H,13-17H2,1-2H3. The molecule has 0 atom stereocenters. The van der Waals surface area contributed by atoms with Gasteiger partial charge >= 0.3 is 0 Å². The summed E-state index contributed by atoms with van der Waals surface area (Å²) in [5.74, 6) is 0. The van der Waals surface area contributed by atoms with Crippen molar-refractivity contribution < 1.29 is 0 Å². The Bertz CT molecular complexity index is 635. The van der Waals surface area contributed by atoms with Gasteiger partial charge in [0.05, 0.1) is 0 Å². The molecule has 3 rings (SSSR count). The second kappa shape index (κ2) is 7.58. The molecular formula is C21H26N2. The van der Waals surface area contributed by atoms with Crippen LogP contribution in [0.2, 0.25) is 0 Å². The fourth-order valence-corrected chi connectivity index (χ4v) is 2.97. The maximum Gasteiger partial charge on any atom is 0.0170 e. The number of piperazine rings is 1. The Hall–Kier alpha value is -1.90. The lowest BCUT2D eigenvalue weighted by Crippen LogP contribution is -2.44. The van der Waals surface area contributed by atoms with Gasteiger partial charge in [-0.15, -0.1) is 0 Å². The first kappa shape index (κ1) is 16.0. The van der Waals surface area contributed by atoms with Crippen molar-refractivity contribution in [3.05, 3.63) is 66.2 Å². The van der Waals surface area contributed by atoms with E-state index in [-0.39, 0.29) is 0 Å². The molecule has 2 aromatic carbocycles. The summed E-state index contributed by atoms with van der Waals surface area (Å²) in [6, 6.07) is 19.5. The first-order valence-corrected chi connectivity index (χ1v) is 8.46. The number of benzene rings is 2. The molecule has 0 aliphatic carbocycles. The number of hydrogen-bond donors (Lipinski definition) is 0. The monoisotopic (exact) mass is 306 g/mol. The summed E-state index contributed by atoms with van der Waals surface area (Å²) in [5.41, 5.74) is 5.24. The quantitative estimate of drug-likeness (QED) is 0.842. The van der Waals surface area contributed by atoms with Crippen molar-refractivity contribution in [1.29, 1.82) is 0 Å². The smallest absolute Gasteiger partial charge is 0.0170 e. The molecule has 0 N–H and O–H groups in total. The molecule has 120 valence electrons. The predicted octanol–water partition coefficient (Wildman–Crippen LogP) is 4.00. The van der Waals surface area contributed by atoms with Gasteiger partial charge in [-0.25, -0.2) is 0 Å². The van der Waals surface area contributed by atoms with E-state index in [2.05, 4.69) is 84.4 Å². The molecule has 1 heterocycles. The third-order valence-corrected chi connectivity index (χ3v) is 4.70. The lowest BCUT2D eigenvalue weighted by Gasteiger charge is -2.31. The van der Waals surface area contributed by atoms with E-state index in [9.17, 15) is 0 Å². The van der Waals surface area contributed by atoms with E-state index in [1.165, 1.54) is 48.4 Å². The van der Waals surface area contributed by atoms with Gasteiger partial charge in [0.2, 0.25) is 0 Å². The molecule has 0 unspecified atom stereocenters. The zero-order chi connectivity index (χ0) is 16.1. The van der Waals surface area contributed by atoms with Crippen LogP contribution in [0.25, 0.3) is 16.7 Å². The van der Waals surface area contributed by atoms with Crippen LogP contribution in [0.4, 0.5) is 0 Å². The van der Waals surface area contributed by atoms with Gasteiger partial charge < -0.3 is 4.90 Å². The predicted molar refractivity (Wildman–Crippen MR) is 99.5 cm³/mol. The molecule has 0 radical (unpaired) electrons. The second-order valence-electron chi connectivity index (χ2n) is 6.43. The van der Waals surface area contributed by atoms with Gasteiger partial charge in [0.1, 0.15) is 0 Å². The van der Waals surface area contributed by atoms with Crippen molar-refractivity contribution in [3.63, 3.8) is 0 Å². The van der Waals surface area contributed by atoms with Gasteiger partial charge in [0.15, 0.2) is 0 Å². The second-order valence-corrected chi connectivity index (χ2v) is 6.43. The first-order valence-electron chi connectivity index (χ1n) is 8.46. The lowest BCUT2D eigenvalue weighted by atomic mass is 10.0. The minimum Gasteiger partial charge on any atom is -0.304 e. The SMILES string of the molecule is CC(=CCN1CCN(C)CC1)c1ccc(-c2ccccc2)cc1. The number of likely N-dealkylation sites (N-methyl/N-ethyl adjacent to an activating group) is 1. The van der Waals surface area contributed by atoms with Crippen LogP contribution in [0.15, 0.2) is 60.7 Å².